The Hall–Kier alpha value is -0.770. The Morgan fingerprint density at radius 1 is 1.44 bits per heavy atom. The zero-order valence-electron chi connectivity index (χ0n) is 12.1. The highest BCUT2D eigenvalue weighted by Gasteiger charge is 2.35. The van der Waals surface area contributed by atoms with Crippen molar-refractivity contribution < 1.29 is 9.90 Å². The first kappa shape index (κ1) is 15.3. The van der Waals surface area contributed by atoms with Gasteiger partial charge in [-0.25, -0.2) is 4.79 Å². The molecular formula is C14H28N2O2. The summed E-state index contributed by atoms with van der Waals surface area (Å²) in [7, 11) is 0. The van der Waals surface area contributed by atoms with Gasteiger partial charge in [0.15, 0.2) is 0 Å². The molecule has 0 spiro atoms. The fraction of sp³-hybridized carbons (Fsp3) is 0.929. The summed E-state index contributed by atoms with van der Waals surface area (Å²) in [5.74, 6) is 0.443. The summed E-state index contributed by atoms with van der Waals surface area (Å²) in [5, 5.41) is 15.5. The average Bonchev–Trinajstić information content (AvgIpc) is 2.54. The maximum Gasteiger partial charge on any atom is 0.315 e. The van der Waals surface area contributed by atoms with Crippen LogP contribution in [0.2, 0.25) is 0 Å². The van der Waals surface area contributed by atoms with Crippen LogP contribution in [-0.4, -0.2) is 29.8 Å². The number of nitrogens with one attached hydrogen (secondary N) is 2. The molecule has 0 bridgehead atoms. The SMILES string of the molecule is CC(C)CC(O)CNC(=O)NC1CCCC1(C)C. The second kappa shape index (κ2) is 6.41. The molecule has 1 rings (SSSR count). The molecule has 0 heterocycles. The van der Waals surface area contributed by atoms with Crippen LogP contribution in [0.15, 0.2) is 0 Å². The van der Waals surface area contributed by atoms with Crippen molar-refractivity contribution in [3.05, 3.63) is 0 Å². The van der Waals surface area contributed by atoms with Crippen molar-refractivity contribution in [2.24, 2.45) is 11.3 Å². The van der Waals surface area contributed by atoms with Gasteiger partial charge in [-0.05, 0) is 30.6 Å². The quantitative estimate of drug-likeness (QED) is 0.706. The largest absolute Gasteiger partial charge is 0.391 e. The van der Waals surface area contributed by atoms with Crippen molar-refractivity contribution in [2.75, 3.05) is 6.54 Å². The van der Waals surface area contributed by atoms with Crippen LogP contribution in [0.5, 0.6) is 0 Å². The predicted octanol–water partition coefficient (Wildman–Crippen LogP) is 2.27. The third-order valence-corrected chi connectivity index (χ3v) is 3.80. The highest BCUT2D eigenvalue weighted by Crippen LogP contribution is 2.36. The lowest BCUT2D eigenvalue weighted by Crippen LogP contribution is -2.48. The molecule has 0 aliphatic heterocycles. The Balaban J connectivity index is 2.25. The molecule has 18 heavy (non-hydrogen) atoms. The Morgan fingerprint density at radius 2 is 2.11 bits per heavy atom. The van der Waals surface area contributed by atoms with Gasteiger partial charge in [0.05, 0.1) is 6.10 Å². The molecule has 106 valence electrons. The van der Waals surface area contributed by atoms with E-state index in [1.807, 2.05) is 0 Å². The molecule has 4 nitrogen and oxygen atoms in total. The molecule has 0 aromatic rings. The third-order valence-electron chi connectivity index (χ3n) is 3.80. The molecule has 1 saturated carbocycles. The van der Waals surface area contributed by atoms with Crippen molar-refractivity contribution in [1.29, 1.82) is 0 Å². The number of urea groups is 1. The van der Waals surface area contributed by atoms with Gasteiger partial charge in [-0.2, -0.15) is 0 Å². The molecule has 2 atom stereocenters. The lowest BCUT2D eigenvalue weighted by Gasteiger charge is -2.28. The van der Waals surface area contributed by atoms with Crippen molar-refractivity contribution in [2.45, 2.75) is 65.5 Å². The van der Waals surface area contributed by atoms with Gasteiger partial charge in [0.25, 0.3) is 0 Å². The molecule has 0 aromatic heterocycles. The van der Waals surface area contributed by atoms with Gasteiger partial charge < -0.3 is 15.7 Å². The number of aliphatic hydroxyl groups excluding tert-OH is 1. The second-order valence-corrected chi connectivity index (χ2v) is 6.57. The number of carbonyl (C=O) groups is 1. The number of hydrogen-bond acceptors (Lipinski definition) is 2. The van der Waals surface area contributed by atoms with Gasteiger partial charge in [0.2, 0.25) is 0 Å². The number of hydrogen-bond donors (Lipinski definition) is 3. The summed E-state index contributed by atoms with van der Waals surface area (Å²) in [6.45, 7) is 8.84. The minimum absolute atomic E-state index is 0.155. The van der Waals surface area contributed by atoms with Gasteiger partial charge in [-0.1, -0.05) is 34.1 Å². The normalized spacial score (nSPS) is 24.0. The Kier molecular flexibility index (Phi) is 5.45. The van der Waals surface area contributed by atoms with Crippen LogP contribution >= 0.6 is 0 Å². The van der Waals surface area contributed by atoms with Crippen LogP contribution in [0.25, 0.3) is 0 Å². The van der Waals surface area contributed by atoms with Crippen LogP contribution in [0, 0.1) is 11.3 Å². The maximum absolute atomic E-state index is 11.7. The zero-order valence-corrected chi connectivity index (χ0v) is 12.1. The summed E-state index contributed by atoms with van der Waals surface area (Å²) >= 11 is 0. The summed E-state index contributed by atoms with van der Waals surface area (Å²) in [4.78, 5) is 11.7. The number of rotatable bonds is 5. The molecule has 0 saturated heterocycles. The van der Waals surface area contributed by atoms with Crippen molar-refractivity contribution in [1.82, 2.24) is 10.6 Å². The van der Waals surface area contributed by atoms with E-state index in [4.69, 9.17) is 0 Å². The first-order valence-corrected chi connectivity index (χ1v) is 7.03. The highest BCUT2D eigenvalue weighted by atomic mass is 16.3. The summed E-state index contributed by atoms with van der Waals surface area (Å²) < 4.78 is 0. The van der Waals surface area contributed by atoms with Crippen LogP contribution in [0.3, 0.4) is 0 Å². The van der Waals surface area contributed by atoms with Gasteiger partial charge in [-0.3, -0.25) is 0 Å². The zero-order chi connectivity index (χ0) is 13.8. The average molecular weight is 256 g/mol. The Labute approximate surface area is 111 Å². The molecule has 1 aliphatic rings. The van der Waals surface area contributed by atoms with E-state index in [2.05, 4.69) is 38.3 Å². The first-order chi connectivity index (χ1) is 8.31. The first-order valence-electron chi connectivity index (χ1n) is 7.03. The Morgan fingerprint density at radius 3 is 2.61 bits per heavy atom. The van der Waals surface area contributed by atoms with E-state index in [0.29, 0.717) is 12.5 Å². The van der Waals surface area contributed by atoms with E-state index < -0.39 is 6.10 Å². The lowest BCUT2D eigenvalue weighted by molar-refractivity contribution is 0.145. The fourth-order valence-electron chi connectivity index (χ4n) is 2.64. The van der Waals surface area contributed by atoms with Crippen LogP contribution < -0.4 is 10.6 Å². The summed E-state index contributed by atoms with van der Waals surface area (Å²) in [6.07, 6.45) is 3.65. The number of amides is 2. The molecule has 2 unspecified atom stereocenters. The highest BCUT2D eigenvalue weighted by molar-refractivity contribution is 5.74. The lowest BCUT2D eigenvalue weighted by atomic mass is 9.87. The smallest absolute Gasteiger partial charge is 0.315 e. The molecule has 1 aliphatic carbocycles. The van der Waals surface area contributed by atoms with Gasteiger partial charge in [0.1, 0.15) is 0 Å². The number of aliphatic hydroxyl groups is 1. The molecular weight excluding hydrogens is 228 g/mol. The van der Waals surface area contributed by atoms with Crippen LogP contribution in [-0.2, 0) is 0 Å². The van der Waals surface area contributed by atoms with Crippen LogP contribution in [0.1, 0.15) is 53.4 Å². The molecule has 0 radical (unpaired) electrons. The number of carbonyl (C=O) groups excluding carboxylic acids is 1. The van der Waals surface area contributed by atoms with Gasteiger partial charge in [0, 0.05) is 12.6 Å². The van der Waals surface area contributed by atoms with E-state index in [9.17, 15) is 9.90 Å². The predicted molar refractivity (Wildman–Crippen MR) is 73.4 cm³/mol. The standard InChI is InChI=1S/C14H28N2O2/c1-10(2)8-11(17)9-15-13(18)16-12-6-5-7-14(12,3)4/h10-12,17H,5-9H2,1-4H3,(H2,15,16,18). The minimum Gasteiger partial charge on any atom is -0.391 e. The van der Waals surface area contributed by atoms with Crippen molar-refractivity contribution in [3.63, 3.8) is 0 Å². The summed E-state index contributed by atoms with van der Waals surface area (Å²) in [5.41, 5.74) is 0.188. The molecule has 0 aromatic carbocycles. The van der Waals surface area contributed by atoms with E-state index in [-0.39, 0.29) is 17.5 Å². The maximum atomic E-state index is 11.7. The van der Waals surface area contributed by atoms with E-state index >= 15 is 0 Å². The van der Waals surface area contributed by atoms with E-state index in [1.54, 1.807) is 0 Å². The topological polar surface area (TPSA) is 61.4 Å². The van der Waals surface area contributed by atoms with Gasteiger partial charge in [-0.15, -0.1) is 0 Å². The van der Waals surface area contributed by atoms with E-state index in [0.717, 1.165) is 19.3 Å². The van der Waals surface area contributed by atoms with Crippen molar-refractivity contribution in [3.8, 4) is 0 Å². The van der Waals surface area contributed by atoms with E-state index in [1.165, 1.54) is 6.42 Å². The third kappa shape index (κ3) is 4.84. The van der Waals surface area contributed by atoms with Crippen LogP contribution in [0.4, 0.5) is 4.79 Å². The molecule has 3 N–H and O–H groups in total. The monoisotopic (exact) mass is 256 g/mol. The Bertz CT molecular complexity index is 277. The van der Waals surface area contributed by atoms with Crippen molar-refractivity contribution >= 4 is 6.03 Å². The fourth-order valence-corrected chi connectivity index (χ4v) is 2.64. The molecule has 1 fully saturated rings. The molecule has 4 heteroatoms. The van der Waals surface area contributed by atoms with Gasteiger partial charge >= 0.3 is 6.03 Å². The summed E-state index contributed by atoms with van der Waals surface area (Å²) in [6, 6.07) is 0.0949. The second-order valence-electron chi connectivity index (χ2n) is 6.57. The molecule has 2 amide bonds. The minimum atomic E-state index is -0.452.